The highest BCUT2D eigenvalue weighted by Crippen LogP contribution is 2.44. The Bertz CT molecular complexity index is 1370. The summed E-state index contributed by atoms with van der Waals surface area (Å²) in [4.78, 5) is 0. The summed E-state index contributed by atoms with van der Waals surface area (Å²) in [5.74, 6) is 2.87. The zero-order valence-corrected chi connectivity index (χ0v) is 22.3. The SMILES string of the molecule is Cc1ccc(C(C)C)cc2c(C)c(-c3ccc(-c4cc5c(C)ccc(C(C)C)cc-5c4C)o3)cc1-2. The van der Waals surface area contributed by atoms with E-state index in [2.05, 4.69) is 116 Å². The number of hydrogen-bond acceptors (Lipinski definition) is 1. The predicted molar refractivity (Wildman–Crippen MR) is 150 cm³/mol. The van der Waals surface area contributed by atoms with E-state index >= 15 is 0 Å². The first kappa shape index (κ1) is 23.4. The molecule has 0 unspecified atom stereocenters. The van der Waals surface area contributed by atoms with Gasteiger partial charge in [-0.05, 0) is 119 Å². The molecule has 0 fully saturated rings. The molecule has 1 aromatic rings. The summed E-state index contributed by atoms with van der Waals surface area (Å²) in [6.45, 7) is 17.9. The minimum absolute atomic E-state index is 0.494. The number of hydrogen-bond donors (Lipinski definition) is 0. The van der Waals surface area contributed by atoms with Crippen molar-refractivity contribution in [2.24, 2.45) is 0 Å². The molecule has 0 aromatic carbocycles. The average Bonchev–Trinajstić information content (AvgIpc) is 3.42. The Morgan fingerprint density at radius 2 is 0.857 bits per heavy atom. The van der Waals surface area contributed by atoms with Crippen LogP contribution >= 0.6 is 0 Å². The van der Waals surface area contributed by atoms with Gasteiger partial charge in [-0.15, -0.1) is 0 Å². The smallest absolute Gasteiger partial charge is 0.135 e. The van der Waals surface area contributed by atoms with Gasteiger partial charge < -0.3 is 4.42 Å². The van der Waals surface area contributed by atoms with Crippen molar-refractivity contribution in [3.8, 4) is 44.9 Å². The van der Waals surface area contributed by atoms with E-state index in [4.69, 9.17) is 4.42 Å². The largest absolute Gasteiger partial charge is 0.456 e. The van der Waals surface area contributed by atoms with Gasteiger partial charge in [0.15, 0.2) is 0 Å². The lowest BCUT2D eigenvalue weighted by molar-refractivity contribution is 0.597. The van der Waals surface area contributed by atoms with E-state index in [-0.39, 0.29) is 0 Å². The minimum Gasteiger partial charge on any atom is -0.456 e. The van der Waals surface area contributed by atoms with Crippen molar-refractivity contribution in [1.29, 1.82) is 0 Å². The van der Waals surface area contributed by atoms with Crippen molar-refractivity contribution in [1.82, 2.24) is 0 Å². The highest BCUT2D eigenvalue weighted by Gasteiger charge is 2.21. The summed E-state index contributed by atoms with van der Waals surface area (Å²) >= 11 is 0. The van der Waals surface area contributed by atoms with Gasteiger partial charge in [-0.3, -0.25) is 0 Å². The second kappa shape index (κ2) is 8.72. The quantitative estimate of drug-likeness (QED) is 0.260. The van der Waals surface area contributed by atoms with Crippen molar-refractivity contribution >= 4 is 0 Å². The Morgan fingerprint density at radius 1 is 0.457 bits per heavy atom. The van der Waals surface area contributed by atoms with Crippen molar-refractivity contribution in [3.05, 3.63) is 94.0 Å². The van der Waals surface area contributed by atoms with E-state index in [0.717, 1.165) is 11.5 Å². The van der Waals surface area contributed by atoms with Crippen LogP contribution in [0.15, 0.2) is 65.1 Å². The molecule has 4 aliphatic carbocycles. The van der Waals surface area contributed by atoms with Gasteiger partial charge in [-0.25, -0.2) is 0 Å². The van der Waals surface area contributed by atoms with E-state index in [1.807, 2.05) is 0 Å². The summed E-state index contributed by atoms with van der Waals surface area (Å²) < 4.78 is 6.56. The van der Waals surface area contributed by atoms with Gasteiger partial charge in [0.1, 0.15) is 11.5 Å². The molecule has 1 nitrogen and oxygen atoms in total. The van der Waals surface area contributed by atoms with E-state index < -0.39 is 0 Å². The maximum atomic E-state index is 6.56. The third-order valence-corrected chi connectivity index (χ3v) is 7.77. The molecule has 0 amide bonds. The number of furan rings is 1. The lowest BCUT2D eigenvalue weighted by Gasteiger charge is -2.04. The first-order valence-electron chi connectivity index (χ1n) is 12.8. The number of aryl methyl sites for hydroxylation is 2. The van der Waals surface area contributed by atoms with Crippen LogP contribution in [0.1, 0.15) is 72.9 Å². The first-order valence-corrected chi connectivity index (χ1v) is 12.8. The normalized spacial score (nSPS) is 11.9. The molecule has 0 N–H and O–H groups in total. The van der Waals surface area contributed by atoms with Crippen LogP contribution in [0.5, 0.6) is 0 Å². The van der Waals surface area contributed by atoms with E-state index in [1.54, 1.807) is 0 Å². The number of fused-ring (bicyclic) bond motifs is 2. The van der Waals surface area contributed by atoms with Gasteiger partial charge in [0, 0.05) is 11.1 Å². The van der Waals surface area contributed by atoms with Crippen LogP contribution in [0.2, 0.25) is 0 Å². The molecule has 0 saturated carbocycles. The fourth-order valence-corrected chi connectivity index (χ4v) is 5.29. The third kappa shape index (κ3) is 3.97. The Hall–Kier alpha value is -3.32. The van der Waals surface area contributed by atoms with Crippen LogP contribution in [0.25, 0.3) is 44.9 Å². The molecule has 1 heteroatoms. The van der Waals surface area contributed by atoms with Crippen molar-refractivity contribution in [3.63, 3.8) is 0 Å². The summed E-state index contributed by atoms with van der Waals surface area (Å²) in [5.41, 5.74) is 15.6. The maximum Gasteiger partial charge on any atom is 0.135 e. The van der Waals surface area contributed by atoms with Crippen molar-refractivity contribution in [2.45, 2.75) is 67.2 Å². The van der Waals surface area contributed by atoms with Gasteiger partial charge in [0.2, 0.25) is 0 Å². The van der Waals surface area contributed by atoms with Crippen LogP contribution in [-0.2, 0) is 0 Å². The molecule has 5 rings (SSSR count). The molecule has 178 valence electrons. The first-order chi connectivity index (χ1) is 16.7. The fourth-order valence-electron chi connectivity index (χ4n) is 5.29. The molecule has 0 bridgehead atoms. The zero-order valence-electron chi connectivity index (χ0n) is 22.3. The fraction of sp³-hybridized carbons (Fsp3) is 0.294. The molecule has 1 aromatic heterocycles. The average molecular weight is 461 g/mol. The van der Waals surface area contributed by atoms with Crippen LogP contribution in [0.4, 0.5) is 0 Å². The summed E-state index contributed by atoms with van der Waals surface area (Å²) in [6.07, 6.45) is 0. The minimum atomic E-state index is 0.494. The van der Waals surface area contributed by atoms with Gasteiger partial charge >= 0.3 is 0 Å². The molecule has 35 heavy (non-hydrogen) atoms. The predicted octanol–water partition coefficient (Wildman–Crippen LogP) is 10.3. The third-order valence-electron chi connectivity index (χ3n) is 7.77. The molecule has 0 spiro atoms. The highest BCUT2D eigenvalue weighted by molar-refractivity contribution is 5.88. The van der Waals surface area contributed by atoms with E-state index in [0.29, 0.717) is 11.8 Å². The van der Waals surface area contributed by atoms with Gasteiger partial charge in [0.25, 0.3) is 0 Å². The van der Waals surface area contributed by atoms with Gasteiger partial charge in [-0.1, -0.05) is 64.1 Å². The molecule has 0 saturated heterocycles. The zero-order chi connectivity index (χ0) is 25.0. The van der Waals surface area contributed by atoms with Crippen molar-refractivity contribution in [2.75, 3.05) is 0 Å². The van der Waals surface area contributed by atoms with Crippen LogP contribution in [0.3, 0.4) is 0 Å². The van der Waals surface area contributed by atoms with E-state index in [9.17, 15) is 0 Å². The monoisotopic (exact) mass is 460 g/mol. The maximum absolute atomic E-state index is 6.56. The van der Waals surface area contributed by atoms with Crippen LogP contribution < -0.4 is 0 Å². The topological polar surface area (TPSA) is 13.1 Å². The van der Waals surface area contributed by atoms with Gasteiger partial charge in [-0.2, -0.15) is 0 Å². The highest BCUT2D eigenvalue weighted by atomic mass is 16.3. The van der Waals surface area contributed by atoms with Crippen LogP contribution in [-0.4, -0.2) is 0 Å². The summed E-state index contributed by atoms with van der Waals surface area (Å²) in [7, 11) is 0. The van der Waals surface area contributed by atoms with Crippen LogP contribution in [0, 0.1) is 27.7 Å². The summed E-state index contributed by atoms with van der Waals surface area (Å²) in [6, 6.07) is 22.6. The number of rotatable bonds is 4. The molecule has 0 radical (unpaired) electrons. The Morgan fingerprint density at radius 3 is 1.23 bits per heavy atom. The second-order valence-electron chi connectivity index (χ2n) is 10.8. The Balaban J connectivity index is 1.64. The second-order valence-corrected chi connectivity index (χ2v) is 10.8. The lowest BCUT2D eigenvalue weighted by atomic mass is 10.0. The van der Waals surface area contributed by atoms with Crippen molar-refractivity contribution < 1.29 is 4.42 Å². The molecule has 4 aliphatic rings. The van der Waals surface area contributed by atoms with E-state index in [1.165, 1.54) is 66.8 Å². The molecular weight excluding hydrogens is 424 g/mol. The molecule has 0 atom stereocenters. The Labute approximate surface area is 210 Å². The Kier molecular flexibility index (Phi) is 5.83. The lowest BCUT2D eigenvalue weighted by Crippen LogP contribution is -1.84. The summed E-state index contributed by atoms with van der Waals surface area (Å²) in [5, 5.41) is 0. The standard InChI is InChI=1S/C34H36O/c1-19(2)25-11-9-21(5)27-17-31(23(7)29(27)15-25)33-13-14-34(35-33)32-18-28-22(6)10-12-26(20(3)4)16-30(28)24(32)8/h9-20H,1-8H3. The molecular formula is C34H36O. The van der Waals surface area contributed by atoms with Gasteiger partial charge in [0.05, 0.1) is 0 Å². The molecule has 1 heterocycles. The molecule has 0 aliphatic heterocycles.